The first-order chi connectivity index (χ1) is 15.7. The summed E-state index contributed by atoms with van der Waals surface area (Å²) in [6.07, 6.45) is 3.14. The Hall–Kier alpha value is -2.90. The molecule has 2 N–H and O–H groups in total. The van der Waals surface area contributed by atoms with Gasteiger partial charge >= 0.3 is 6.01 Å². The lowest BCUT2D eigenvalue weighted by atomic mass is 10.0. The third-order valence-electron chi connectivity index (χ3n) is 6.67. The summed E-state index contributed by atoms with van der Waals surface area (Å²) < 4.78 is 11.3. The lowest BCUT2D eigenvalue weighted by Gasteiger charge is -2.31. The molecule has 1 atom stereocenters. The number of methoxy groups -OCH3 is 1. The summed E-state index contributed by atoms with van der Waals surface area (Å²) in [5.74, 6) is 0.547. The first-order valence-corrected chi connectivity index (χ1v) is 11.5. The van der Waals surface area contributed by atoms with E-state index in [2.05, 4.69) is 57.2 Å². The molecule has 2 aromatic carbocycles. The quantitative estimate of drug-likeness (QED) is 0.613. The fourth-order valence-electron chi connectivity index (χ4n) is 4.95. The number of hydrogen-bond donors (Lipinski definition) is 1. The molecule has 1 fully saturated rings. The van der Waals surface area contributed by atoms with Gasteiger partial charge in [-0.25, -0.2) is 0 Å². The molecule has 7 nitrogen and oxygen atoms in total. The zero-order valence-corrected chi connectivity index (χ0v) is 18.7. The fraction of sp³-hybridized carbons (Fsp3) is 0.440. The van der Waals surface area contributed by atoms with E-state index in [1.54, 1.807) is 7.11 Å². The maximum Gasteiger partial charge on any atom is 0.318 e. The molecule has 0 unspecified atom stereocenters. The number of fused-ring (bicyclic) bond motifs is 2. The zero-order chi connectivity index (χ0) is 21.9. The van der Waals surface area contributed by atoms with Crippen LogP contribution in [0.15, 0.2) is 42.5 Å². The summed E-state index contributed by atoms with van der Waals surface area (Å²) in [7, 11) is 1.74. The SMILES string of the molecule is COCCN1CCC[C@H]1COc1nc(N)c2c(n1)CN(c1cccc3ccccc13)CC2. The molecule has 3 aromatic rings. The molecule has 7 heteroatoms. The molecule has 0 amide bonds. The van der Waals surface area contributed by atoms with Crippen LogP contribution < -0.4 is 15.4 Å². The van der Waals surface area contributed by atoms with Gasteiger partial charge < -0.3 is 20.1 Å². The average Bonchev–Trinajstić information content (AvgIpc) is 3.28. The molecule has 0 aliphatic carbocycles. The first kappa shape index (κ1) is 21.0. The molecule has 1 aromatic heterocycles. The highest BCUT2D eigenvalue weighted by Crippen LogP contribution is 2.32. The fourth-order valence-corrected chi connectivity index (χ4v) is 4.95. The Kier molecular flexibility index (Phi) is 6.10. The molecule has 168 valence electrons. The molecule has 0 bridgehead atoms. The maximum absolute atomic E-state index is 6.32. The predicted molar refractivity (Wildman–Crippen MR) is 127 cm³/mol. The van der Waals surface area contributed by atoms with Crippen LogP contribution in [0.4, 0.5) is 11.5 Å². The maximum atomic E-state index is 6.32. The van der Waals surface area contributed by atoms with Gasteiger partial charge in [-0.3, -0.25) is 4.90 Å². The summed E-state index contributed by atoms with van der Waals surface area (Å²) in [6, 6.07) is 15.7. The molecule has 5 rings (SSSR count). The smallest absolute Gasteiger partial charge is 0.318 e. The number of benzene rings is 2. The lowest BCUT2D eigenvalue weighted by Crippen LogP contribution is -2.36. The lowest BCUT2D eigenvalue weighted by molar-refractivity contribution is 0.116. The van der Waals surface area contributed by atoms with Gasteiger partial charge in [-0.15, -0.1) is 0 Å². The normalized spacial score (nSPS) is 18.8. The van der Waals surface area contributed by atoms with Crippen molar-refractivity contribution in [2.24, 2.45) is 0 Å². The molecule has 0 radical (unpaired) electrons. The number of rotatable bonds is 7. The number of nitrogen functional groups attached to an aromatic ring is 1. The van der Waals surface area contributed by atoms with Crippen LogP contribution in [0.2, 0.25) is 0 Å². The van der Waals surface area contributed by atoms with Crippen molar-refractivity contribution in [3.63, 3.8) is 0 Å². The van der Waals surface area contributed by atoms with Crippen LogP contribution in [-0.2, 0) is 17.7 Å². The van der Waals surface area contributed by atoms with Gasteiger partial charge in [0, 0.05) is 42.9 Å². The van der Waals surface area contributed by atoms with Gasteiger partial charge in [0.15, 0.2) is 0 Å². The van der Waals surface area contributed by atoms with Crippen LogP contribution in [0.3, 0.4) is 0 Å². The minimum absolute atomic E-state index is 0.373. The van der Waals surface area contributed by atoms with E-state index in [1.165, 1.54) is 22.9 Å². The van der Waals surface area contributed by atoms with Crippen LogP contribution >= 0.6 is 0 Å². The topological polar surface area (TPSA) is 76.7 Å². The van der Waals surface area contributed by atoms with Crippen molar-refractivity contribution in [2.75, 3.05) is 50.6 Å². The minimum atomic E-state index is 0.373. The van der Waals surface area contributed by atoms with Crippen molar-refractivity contribution < 1.29 is 9.47 Å². The van der Waals surface area contributed by atoms with E-state index >= 15 is 0 Å². The molecule has 3 heterocycles. The first-order valence-electron chi connectivity index (χ1n) is 11.5. The monoisotopic (exact) mass is 433 g/mol. The third kappa shape index (κ3) is 4.23. The Morgan fingerprint density at radius 3 is 2.88 bits per heavy atom. The van der Waals surface area contributed by atoms with Crippen LogP contribution in [0.1, 0.15) is 24.1 Å². The zero-order valence-electron chi connectivity index (χ0n) is 18.7. The number of hydrogen-bond acceptors (Lipinski definition) is 7. The van der Waals surface area contributed by atoms with Crippen molar-refractivity contribution in [1.82, 2.24) is 14.9 Å². The number of aromatic nitrogens is 2. The minimum Gasteiger partial charge on any atom is -0.462 e. The molecule has 1 saturated heterocycles. The number of anilines is 2. The number of likely N-dealkylation sites (tertiary alicyclic amines) is 1. The van der Waals surface area contributed by atoms with Gasteiger partial charge in [0.2, 0.25) is 0 Å². The van der Waals surface area contributed by atoms with E-state index in [0.29, 0.717) is 31.0 Å². The summed E-state index contributed by atoms with van der Waals surface area (Å²) in [6.45, 7) is 4.93. The van der Waals surface area contributed by atoms with E-state index in [1.807, 2.05) is 0 Å². The van der Waals surface area contributed by atoms with Crippen molar-refractivity contribution in [3.8, 4) is 6.01 Å². The largest absolute Gasteiger partial charge is 0.462 e. The third-order valence-corrected chi connectivity index (χ3v) is 6.67. The molecule has 2 aliphatic heterocycles. The van der Waals surface area contributed by atoms with E-state index in [-0.39, 0.29) is 0 Å². The summed E-state index contributed by atoms with van der Waals surface area (Å²) >= 11 is 0. The predicted octanol–water partition coefficient (Wildman–Crippen LogP) is 3.26. The second-order valence-electron chi connectivity index (χ2n) is 8.62. The highest BCUT2D eigenvalue weighted by molar-refractivity contribution is 5.94. The van der Waals surface area contributed by atoms with Gasteiger partial charge in [-0.1, -0.05) is 36.4 Å². The second kappa shape index (κ2) is 9.30. The van der Waals surface area contributed by atoms with Gasteiger partial charge in [-0.05, 0) is 37.3 Å². The highest BCUT2D eigenvalue weighted by atomic mass is 16.5. The van der Waals surface area contributed by atoms with Crippen LogP contribution in [0.25, 0.3) is 10.8 Å². The van der Waals surface area contributed by atoms with E-state index in [0.717, 1.165) is 50.3 Å². The Morgan fingerprint density at radius 1 is 1.09 bits per heavy atom. The van der Waals surface area contributed by atoms with Crippen LogP contribution in [0, 0.1) is 0 Å². The Balaban J connectivity index is 1.32. The van der Waals surface area contributed by atoms with Crippen LogP contribution in [0.5, 0.6) is 6.01 Å². The summed E-state index contributed by atoms with van der Waals surface area (Å²) in [5.41, 5.74) is 9.57. The Labute approximate surface area is 189 Å². The number of ether oxygens (including phenoxy) is 2. The van der Waals surface area contributed by atoms with E-state index in [9.17, 15) is 0 Å². The van der Waals surface area contributed by atoms with Gasteiger partial charge in [0.1, 0.15) is 12.4 Å². The Bertz CT molecular complexity index is 1080. The van der Waals surface area contributed by atoms with Gasteiger partial charge in [0.05, 0.1) is 18.8 Å². The molecular formula is C25H31N5O2. The molecule has 2 aliphatic rings. The van der Waals surface area contributed by atoms with E-state index in [4.69, 9.17) is 20.2 Å². The van der Waals surface area contributed by atoms with Gasteiger partial charge in [0.25, 0.3) is 0 Å². The molecule has 0 spiro atoms. The molecular weight excluding hydrogens is 402 g/mol. The van der Waals surface area contributed by atoms with Crippen molar-refractivity contribution >= 4 is 22.3 Å². The number of nitrogens with zero attached hydrogens (tertiary/aromatic N) is 4. The van der Waals surface area contributed by atoms with Crippen molar-refractivity contribution in [3.05, 3.63) is 53.7 Å². The van der Waals surface area contributed by atoms with E-state index < -0.39 is 0 Å². The molecule has 0 saturated carbocycles. The summed E-state index contributed by atoms with van der Waals surface area (Å²) in [4.78, 5) is 14.0. The van der Waals surface area contributed by atoms with Crippen molar-refractivity contribution in [1.29, 1.82) is 0 Å². The highest BCUT2D eigenvalue weighted by Gasteiger charge is 2.26. The number of nitrogens with two attached hydrogens (primary N) is 1. The average molecular weight is 434 g/mol. The van der Waals surface area contributed by atoms with Crippen molar-refractivity contribution in [2.45, 2.75) is 31.8 Å². The van der Waals surface area contributed by atoms with Gasteiger partial charge in [-0.2, -0.15) is 9.97 Å². The summed E-state index contributed by atoms with van der Waals surface area (Å²) in [5, 5.41) is 2.51. The Morgan fingerprint density at radius 2 is 1.97 bits per heavy atom. The van der Waals surface area contributed by atoms with Crippen LogP contribution in [-0.4, -0.2) is 60.9 Å². The molecule has 32 heavy (non-hydrogen) atoms. The standard InChI is InChI=1S/C25H31N5O2/c1-31-15-14-29-12-5-8-19(29)17-32-25-27-22-16-30(13-11-21(22)24(26)28-25)23-10-4-7-18-6-2-3-9-20(18)23/h2-4,6-7,9-10,19H,5,8,11-17H2,1H3,(H2,26,27,28)/t19-/m0/s1. The second-order valence-corrected chi connectivity index (χ2v) is 8.62.